The largest absolute Gasteiger partial charge is 0.486 e. The van der Waals surface area contributed by atoms with Crippen molar-refractivity contribution in [2.45, 2.75) is 6.92 Å². The molecule has 1 aromatic heterocycles. The Morgan fingerprint density at radius 2 is 2.04 bits per heavy atom. The van der Waals surface area contributed by atoms with Gasteiger partial charge in [0.05, 0.1) is 5.56 Å². The van der Waals surface area contributed by atoms with Gasteiger partial charge in [-0.3, -0.25) is 9.59 Å². The molecule has 0 spiro atoms. The van der Waals surface area contributed by atoms with Gasteiger partial charge in [-0.1, -0.05) is 18.2 Å². The highest BCUT2D eigenvalue weighted by atomic mass is 16.5. The van der Waals surface area contributed by atoms with E-state index in [0.29, 0.717) is 17.1 Å². The van der Waals surface area contributed by atoms with Gasteiger partial charge in [0.1, 0.15) is 18.1 Å². The zero-order chi connectivity index (χ0) is 18.3. The first-order valence-corrected chi connectivity index (χ1v) is 8.27. The predicted molar refractivity (Wildman–Crippen MR) is 98.5 cm³/mol. The maximum Gasteiger partial charge on any atom is 0.231 e. The smallest absolute Gasteiger partial charge is 0.231 e. The van der Waals surface area contributed by atoms with Crippen molar-refractivity contribution < 1.29 is 19.1 Å². The van der Waals surface area contributed by atoms with Crippen LogP contribution in [0.2, 0.25) is 0 Å². The quantitative estimate of drug-likeness (QED) is 0.674. The van der Waals surface area contributed by atoms with Crippen LogP contribution in [-0.2, 0) is 11.8 Å². The molecule has 0 saturated carbocycles. The molecule has 0 saturated heterocycles. The van der Waals surface area contributed by atoms with Crippen molar-refractivity contribution in [3.8, 4) is 11.5 Å². The zero-order valence-electron chi connectivity index (χ0n) is 14.5. The molecule has 1 aliphatic heterocycles. The molecule has 0 bridgehead atoms. The standard InChI is InChI=1S/C21H17NO4/c1-13(23)12-25-15-7-8-17-19(10-15)26-20(21(17)24)9-14-11-22(2)18-6-4-3-5-16(14)18/h3-11H,12H2,1-2H3/b20-9-. The highest BCUT2D eigenvalue weighted by molar-refractivity contribution is 6.15. The number of rotatable bonds is 4. The van der Waals surface area contributed by atoms with E-state index < -0.39 is 0 Å². The summed E-state index contributed by atoms with van der Waals surface area (Å²) in [4.78, 5) is 23.7. The molecule has 3 aromatic rings. The van der Waals surface area contributed by atoms with Gasteiger partial charge in [-0.05, 0) is 31.2 Å². The molecular formula is C21H17NO4. The van der Waals surface area contributed by atoms with Gasteiger partial charge < -0.3 is 14.0 Å². The number of hydrogen-bond donors (Lipinski definition) is 0. The molecular weight excluding hydrogens is 330 g/mol. The van der Waals surface area contributed by atoms with Gasteiger partial charge in [0.2, 0.25) is 5.78 Å². The monoisotopic (exact) mass is 347 g/mol. The van der Waals surface area contributed by atoms with E-state index in [1.807, 2.05) is 42.1 Å². The number of carbonyl (C=O) groups is 2. The molecule has 0 aliphatic carbocycles. The molecule has 4 rings (SSSR count). The third-order valence-electron chi connectivity index (χ3n) is 4.30. The minimum Gasteiger partial charge on any atom is -0.486 e. The van der Waals surface area contributed by atoms with Gasteiger partial charge in [-0.25, -0.2) is 0 Å². The van der Waals surface area contributed by atoms with Crippen LogP contribution in [0.25, 0.3) is 17.0 Å². The number of Topliss-reactive ketones (excluding diaryl/α,β-unsaturated/α-hetero) is 2. The van der Waals surface area contributed by atoms with Crippen molar-refractivity contribution in [2.24, 2.45) is 7.05 Å². The average molecular weight is 347 g/mol. The fourth-order valence-corrected chi connectivity index (χ4v) is 3.07. The number of aryl methyl sites for hydroxylation is 1. The topological polar surface area (TPSA) is 57.5 Å². The van der Waals surface area contributed by atoms with E-state index in [1.54, 1.807) is 24.3 Å². The van der Waals surface area contributed by atoms with Crippen molar-refractivity contribution in [1.82, 2.24) is 4.57 Å². The minimum absolute atomic E-state index is 0.00850. The summed E-state index contributed by atoms with van der Waals surface area (Å²) >= 11 is 0. The molecule has 26 heavy (non-hydrogen) atoms. The molecule has 5 nitrogen and oxygen atoms in total. The zero-order valence-corrected chi connectivity index (χ0v) is 14.5. The lowest BCUT2D eigenvalue weighted by Crippen LogP contribution is -2.06. The highest BCUT2D eigenvalue weighted by Crippen LogP contribution is 2.35. The summed E-state index contributed by atoms with van der Waals surface area (Å²) in [5.41, 5.74) is 2.50. The lowest BCUT2D eigenvalue weighted by Gasteiger charge is -2.04. The second-order valence-corrected chi connectivity index (χ2v) is 6.30. The molecule has 0 atom stereocenters. The van der Waals surface area contributed by atoms with Crippen molar-refractivity contribution in [3.05, 3.63) is 65.5 Å². The third kappa shape index (κ3) is 2.77. The molecule has 2 heterocycles. The Balaban J connectivity index is 1.67. The third-order valence-corrected chi connectivity index (χ3v) is 4.30. The second kappa shape index (κ2) is 6.19. The number of allylic oxidation sites excluding steroid dienone is 1. The van der Waals surface area contributed by atoms with Crippen LogP contribution in [0.15, 0.2) is 54.4 Å². The molecule has 0 amide bonds. The molecule has 0 radical (unpaired) electrons. The van der Waals surface area contributed by atoms with E-state index in [2.05, 4.69) is 0 Å². The van der Waals surface area contributed by atoms with Gasteiger partial charge in [-0.15, -0.1) is 0 Å². The summed E-state index contributed by atoms with van der Waals surface area (Å²) in [5, 5.41) is 1.06. The molecule has 0 N–H and O–H groups in total. The number of aromatic nitrogens is 1. The van der Waals surface area contributed by atoms with Crippen LogP contribution in [0, 0.1) is 0 Å². The van der Waals surface area contributed by atoms with Gasteiger partial charge in [0.25, 0.3) is 0 Å². The Morgan fingerprint density at radius 3 is 2.85 bits per heavy atom. The van der Waals surface area contributed by atoms with Crippen LogP contribution in [0.4, 0.5) is 0 Å². The molecule has 0 unspecified atom stereocenters. The van der Waals surface area contributed by atoms with Crippen molar-refractivity contribution in [1.29, 1.82) is 0 Å². The highest BCUT2D eigenvalue weighted by Gasteiger charge is 2.28. The lowest BCUT2D eigenvalue weighted by molar-refractivity contribution is -0.118. The summed E-state index contributed by atoms with van der Waals surface area (Å²) in [5.74, 6) is 0.992. The van der Waals surface area contributed by atoms with Crippen molar-refractivity contribution in [2.75, 3.05) is 6.61 Å². The number of para-hydroxylation sites is 1. The van der Waals surface area contributed by atoms with E-state index in [4.69, 9.17) is 9.47 Å². The van der Waals surface area contributed by atoms with E-state index >= 15 is 0 Å². The van der Waals surface area contributed by atoms with Crippen LogP contribution in [0.3, 0.4) is 0 Å². The number of fused-ring (bicyclic) bond motifs is 2. The molecule has 1 aliphatic rings. The van der Waals surface area contributed by atoms with Crippen LogP contribution < -0.4 is 9.47 Å². The predicted octanol–water partition coefficient (Wildman–Crippen LogP) is 3.76. The average Bonchev–Trinajstić information content (AvgIpc) is 3.11. The number of hydrogen-bond acceptors (Lipinski definition) is 4. The maximum atomic E-state index is 12.6. The van der Waals surface area contributed by atoms with Crippen LogP contribution in [-0.4, -0.2) is 22.7 Å². The van der Waals surface area contributed by atoms with Gasteiger partial charge in [0, 0.05) is 35.8 Å². The van der Waals surface area contributed by atoms with Crippen LogP contribution in [0.5, 0.6) is 11.5 Å². The van der Waals surface area contributed by atoms with Gasteiger partial charge in [0.15, 0.2) is 11.5 Å². The summed E-state index contributed by atoms with van der Waals surface area (Å²) < 4.78 is 13.2. The minimum atomic E-state index is -0.161. The molecule has 5 heteroatoms. The summed E-state index contributed by atoms with van der Waals surface area (Å²) in [6, 6.07) is 13.0. The Kier molecular flexibility index (Phi) is 3.84. The Bertz CT molecular complexity index is 1070. The Labute approximate surface area is 150 Å². The first kappa shape index (κ1) is 16.1. The molecule has 130 valence electrons. The van der Waals surface area contributed by atoms with Crippen LogP contribution >= 0.6 is 0 Å². The Morgan fingerprint density at radius 1 is 1.23 bits per heavy atom. The molecule has 0 fully saturated rings. The maximum absolute atomic E-state index is 12.6. The van der Waals surface area contributed by atoms with Gasteiger partial charge >= 0.3 is 0 Å². The normalized spacial score (nSPS) is 14.5. The number of ketones is 2. The van der Waals surface area contributed by atoms with E-state index in [1.165, 1.54) is 6.92 Å². The van der Waals surface area contributed by atoms with Crippen LogP contribution in [0.1, 0.15) is 22.8 Å². The fourth-order valence-electron chi connectivity index (χ4n) is 3.07. The lowest BCUT2D eigenvalue weighted by atomic mass is 10.1. The number of benzene rings is 2. The van der Waals surface area contributed by atoms with Gasteiger partial charge in [-0.2, -0.15) is 0 Å². The van der Waals surface area contributed by atoms with E-state index in [9.17, 15) is 9.59 Å². The van der Waals surface area contributed by atoms with E-state index in [-0.39, 0.29) is 23.9 Å². The first-order chi connectivity index (χ1) is 12.5. The SMILES string of the molecule is CC(=O)COc1ccc2c(c1)O/C(=C\c1cn(C)c3ccccc13)C2=O. The number of nitrogens with zero attached hydrogens (tertiary/aromatic N) is 1. The summed E-state index contributed by atoms with van der Waals surface area (Å²) in [6.07, 6.45) is 3.74. The summed E-state index contributed by atoms with van der Waals surface area (Å²) in [7, 11) is 1.97. The van der Waals surface area contributed by atoms with Crippen molar-refractivity contribution >= 4 is 28.5 Å². The fraction of sp³-hybridized carbons (Fsp3) is 0.143. The van der Waals surface area contributed by atoms with E-state index in [0.717, 1.165) is 16.5 Å². The van der Waals surface area contributed by atoms with Crippen molar-refractivity contribution in [3.63, 3.8) is 0 Å². The summed E-state index contributed by atoms with van der Waals surface area (Å²) in [6.45, 7) is 1.45. The Hall–Kier alpha value is -3.34. The molecule has 2 aromatic carbocycles. The second-order valence-electron chi connectivity index (χ2n) is 6.30. The first-order valence-electron chi connectivity index (χ1n) is 8.27. The number of ether oxygens (including phenoxy) is 2. The number of carbonyl (C=O) groups excluding carboxylic acids is 2.